The van der Waals surface area contributed by atoms with Crippen molar-refractivity contribution < 1.29 is 9.90 Å². The van der Waals surface area contributed by atoms with E-state index >= 15 is 0 Å². The average Bonchev–Trinajstić information content (AvgIpc) is 1.86. The Morgan fingerprint density at radius 2 is 2.40 bits per heavy atom. The molecule has 0 fully saturated rings. The molecular formula is C6H14N2O2. The maximum absolute atomic E-state index is 10.1. The zero-order valence-corrected chi connectivity index (χ0v) is 6.13. The van der Waals surface area contributed by atoms with Gasteiger partial charge in [-0.1, -0.05) is 6.92 Å². The molecule has 0 saturated carbocycles. The molecule has 0 radical (unpaired) electrons. The van der Waals surface area contributed by atoms with Crippen molar-refractivity contribution in [2.24, 2.45) is 5.73 Å². The Morgan fingerprint density at radius 1 is 1.80 bits per heavy atom. The quantitative estimate of drug-likeness (QED) is 0.536. The second-order valence-corrected chi connectivity index (χ2v) is 2.13. The van der Waals surface area contributed by atoms with Gasteiger partial charge in [-0.25, -0.2) is 4.79 Å². The molecule has 0 heterocycles. The number of nitrogens with one attached hydrogen (secondary N) is 1. The van der Waals surface area contributed by atoms with E-state index in [1.807, 2.05) is 6.92 Å². The lowest BCUT2D eigenvalue weighted by molar-refractivity contribution is 0.189. The normalized spacial score (nSPS) is 12.6. The molecule has 0 aliphatic heterocycles. The Labute approximate surface area is 60.4 Å². The fourth-order valence-corrected chi connectivity index (χ4v) is 0.754. The summed E-state index contributed by atoms with van der Waals surface area (Å²) in [5.74, 6) is 0. The van der Waals surface area contributed by atoms with Crippen LogP contribution >= 0.6 is 0 Å². The minimum atomic E-state index is -0.972. The predicted octanol–water partition coefficient (Wildman–Crippen LogP) is 0.381. The molecule has 0 aliphatic carbocycles. The van der Waals surface area contributed by atoms with Gasteiger partial charge in [0.15, 0.2) is 0 Å². The number of amides is 1. The lowest BCUT2D eigenvalue weighted by Gasteiger charge is -2.12. The van der Waals surface area contributed by atoms with Crippen LogP contribution in [-0.2, 0) is 0 Å². The van der Waals surface area contributed by atoms with Crippen molar-refractivity contribution in [1.82, 2.24) is 5.32 Å². The van der Waals surface area contributed by atoms with Gasteiger partial charge in [0.1, 0.15) is 0 Å². The molecule has 10 heavy (non-hydrogen) atoms. The number of hydrogen-bond donors (Lipinski definition) is 3. The summed E-state index contributed by atoms with van der Waals surface area (Å²) in [5.41, 5.74) is 5.25. The molecule has 60 valence electrons. The fourth-order valence-electron chi connectivity index (χ4n) is 0.754. The van der Waals surface area contributed by atoms with Gasteiger partial charge in [0.2, 0.25) is 0 Å². The van der Waals surface area contributed by atoms with Crippen LogP contribution in [0.4, 0.5) is 4.79 Å². The summed E-state index contributed by atoms with van der Waals surface area (Å²) in [4.78, 5) is 10.1. The summed E-state index contributed by atoms with van der Waals surface area (Å²) in [6.07, 6.45) is 0.534. The van der Waals surface area contributed by atoms with Gasteiger partial charge in [0, 0.05) is 6.04 Å². The molecule has 0 saturated heterocycles. The Kier molecular flexibility index (Phi) is 4.66. The van der Waals surface area contributed by atoms with Crippen LogP contribution in [0.15, 0.2) is 0 Å². The van der Waals surface area contributed by atoms with Crippen molar-refractivity contribution >= 4 is 6.09 Å². The summed E-state index contributed by atoms with van der Waals surface area (Å²) < 4.78 is 0. The number of hydrogen-bond acceptors (Lipinski definition) is 2. The van der Waals surface area contributed by atoms with E-state index in [9.17, 15) is 4.79 Å². The largest absolute Gasteiger partial charge is 0.465 e. The highest BCUT2D eigenvalue weighted by atomic mass is 16.4. The molecule has 0 rings (SSSR count). The molecular weight excluding hydrogens is 132 g/mol. The zero-order chi connectivity index (χ0) is 7.98. The standard InChI is InChI=1S/C6H14N2O2/c1-2-5(3-4-7)8-6(9)10/h5,8H,2-4,7H2,1H3,(H,9,10). The highest BCUT2D eigenvalue weighted by Gasteiger charge is 2.06. The summed E-state index contributed by atoms with van der Waals surface area (Å²) in [5, 5.41) is 10.7. The van der Waals surface area contributed by atoms with Crippen molar-refractivity contribution in [3.8, 4) is 0 Å². The molecule has 1 unspecified atom stereocenters. The van der Waals surface area contributed by atoms with E-state index < -0.39 is 6.09 Å². The van der Waals surface area contributed by atoms with E-state index in [-0.39, 0.29) is 6.04 Å². The second kappa shape index (κ2) is 5.05. The fraction of sp³-hybridized carbons (Fsp3) is 0.833. The van der Waals surface area contributed by atoms with E-state index in [0.29, 0.717) is 13.0 Å². The van der Waals surface area contributed by atoms with Gasteiger partial charge in [-0.2, -0.15) is 0 Å². The Hall–Kier alpha value is -0.770. The van der Waals surface area contributed by atoms with Crippen LogP contribution in [0.2, 0.25) is 0 Å². The number of rotatable bonds is 4. The van der Waals surface area contributed by atoms with Crippen molar-refractivity contribution in [3.63, 3.8) is 0 Å². The topological polar surface area (TPSA) is 75.3 Å². The van der Waals surface area contributed by atoms with Crippen LogP contribution in [0.25, 0.3) is 0 Å². The van der Waals surface area contributed by atoms with Gasteiger partial charge in [0.05, 0.1) is 0 Å². The third kappa shape index (κ3) is 4.14. The molecule has 1 atom stereocenters. The second-order valence-electron chi connectivity index (χ2n) is 2.13. The van der Waals surface area contributed by atoms with Gasteiger partial charge >= 0.3 is 6.09 Å². The van der Waals surface area contributed by atoms with E-state index in [2.05, 4.69) is 5.32 Å². The smallest absolute Gasteiger partial charge is 0.404 e. The SMILES string of the molecule is CCC(CCN)NC(=O)O. The van der Waals surface area contributed by atoms with Gasteiger partial charge in [-0.15, -0.1) is 0 Å². The van der Waals surface area contributed by atoms with Crippen LogP contribution in [-0.4, -0.2) is 23.8 Å². The summed E-state index contributed by atoms with van der Waals surface area (Å²) in [6, 6.07) is 0.0162. The van der Waals surface area contributed by atoms with Crippen LogP contribution in [0, 0.1) is 0 Å². The maximum Gasteiger partial charge on any atom is 0.404 e. The van der Waals surface area contributed by atoms with Crippen molar-refractivity contribution in [2.45, 2.75) is 25.8 Å². The maximum atomic E-state index is 10.1. The average molecular weight is 146 g/mol. The minimum absolute atomic E-state index is 0.0162. The summed E-state index contributed by atoms with van der Waals surface area (Å²) >= 11 is 0. The van der Waals surface area contributed by atoms with E-state index in [0.717, 1.165) is 6.42 Å². The Balaban J connectivity index is 3.49. The van der Waals surface area contributed by atoms with Crippen LogP contribution < -0.4 is 11.1 Å². The van der Waals surface area contributed by atoms with E-state index in [4.69, 9.17) is 10.8 Å². The van der Waals surface area contributed by atoms with E-state index in [1.54, 1.807) is 0 Å². The molecule has 0 aromatic rings. The van der Waals surface area contributed by atoms with Crippen molar-refractivity contribution in [3.05, 3.63) is 0 Å². The minimum Gasteiger partial charge on any atom is -0.465 e. The number of carbonyl (C=O) groups is 1. The molecule has 0 aromatic carbocycles. The molecule has 0 aromatic heterocycles. The zero-order valence-electron chi connectivity index (χ0n) is 6.13. The molecule has 0 aliphatic rings. The third-order valence-corrected chi connectivity index (χ3v) is 1.34. The summed E-state index contributed by atoms with van der Waals surface area (Å²) in [7, 11) is 0. The van der Waals surface area contributed by atoms with Gasteiger partial charge in [0.25, 0.3) is 0 Å². The van der Waals surface area contributed by atoms with Crippen LogP contribution in [0.5, 0.6) is 0 Å². The van der Waals surface area contributed by atoms with Gasteiger partial charge < -0.3 is 16.2 Å². The molecule has 4 heteroatoms. The number of carboxylic acid groups (broad SMARTS) is 1. The molecule has 4 nitrogen and oxygen atoms in total. The molecule has 0 bridgehead atoms. The molecule has 0 spiro atoms. The van der Waals surface area contributed by atoms with Gasteiger partial charge in [-0.3, -0.25) is 0 Å². The third-order valence-electron chi connectivity index (χ3n) is 1.34. The first-order valence-corrected chi connectivity index (χ1v) is 3.40. The predicted molar refractivity (Wildman–Crippen MR) is 38.9 cm³/mol. The first kappa shape index (κ1) is 9.23. The first-order chi connectivity index (χ1) is 4.70. The molecule has 4 N–H and O–H groups in total. The van der Waals surface area contributed by atoms with Crippen LogP contribution in [0.1, 0.15) is 19.8 Å². The first-order valence-electron chi connectivity index (χ1n) is 3.40. The van der Waals surface area contributed by atoms with Crippen molar-refractivity contribution in [1.29, 1.82) is 0 Å². The lowest BCUT2D eigenvalue weighted by Crippen LogP contribution is -2.34. The highest BCUT2D eigenvalue weighted by molar-refractivity contribution is 5.64. The summed E-state index contributed by atoms with van der Waals surface area (Å²) in [6.45, 7) is 2.45. The van der Waals surface area contributed by atoms with E-state index in [1.165, 1.54) is 0 Å². The lowest BCUT2D eigenvalue weighted by atomic mass is 10.1. The highest BCUT2D eigenvalue weighted by Crippen LogP contribution is 1.94. The van der Waals surface area contributed by atoms with Crippen molar-refractivity contribution in [2.75, 3.05) is 6.54 Å². The Morgan fingerprint density at radius 3 is 2.70 bits per heavy atom. The van der Waals surface area contributed by atoms with Gasteiger partial charge in [-0.05, 0) is 19.4 Å². The monoisotopic (exact) mass is 146 g/mol. The Bertz CT molecular complexity index is 106. The molecule has 1 amide bonds. The van der Waals surface area contributed by atoms with Crippen LogP contribution in [0.3, 0.4) is 0 Å². The number of nitrogens with two attached hydrogens (primary N) is 1.